The molecule has 41 heavy (non-hydrogen) atoms. The zero-order valence-electron chi connectivity index (χ0n) is 24.5. The number of morpholine rings is 1. The monoisotopic (exact) mass is 564 g/mol. The summed E-state index contributed by atoms with van der Waals surface area (Å²) in [4.78, 5) is 32.4. The summed E-state index contributed by atoms with van der Waals surface area (Å²) in [6.45, 7) is 11.2. The number of benzene rings is 2. The molecule has 2 aromatic carbocycles. The SMILES string of the molecule is CCCCN(CC1CCN(C(=O)N2CCOCC2)CC1)C(C)Cc1cccc(NC(=O)c2ccc3c(c2)OCO3)c1. The average Bonchev–Trinajstić information content (AvgIpc) is 3.48. The molecule has 9 heteroatoms. The molecule has 3 aliphatic rings. The van der Waals surface area contributed by atoms with Crippen molar-refractivity contribution in [1.82, 2.24) is 14.7 Å². The summed E-state index contributed by atoms with van der Waals surface area (Å²) in [5, 5.41) is 3.04. The Morgan fingerprint density at radius 2 is 1.76 bits per heavy atom. The highest BCUT2D eigenvalue weighted by atomic mass is 16.7. The fourth-order valence-corrected chi connectivity index (χ4v) is 5.93. The highest BCUT2D eigenvalue weighted by Crippen LogP contribution is 2.32. The summed E-state index contributed by atoms with van der Waals surface area (Å²) in [6.07, 6.45) is 5.34. The molecule has 0 radical (unpaired) electrons. The normalized spacial score (nSPS) is 18.0. The summed E-state index contributed by atoms with van der Waals surface area (Å²) in [6, 6.07) is 13.9. The van der Waals surface area contributed by atoms with Crippen LogP contribution >= 0.6 is 0 Å². The Labute approximate surface area is 243 Å². The van der Waals surface area contributed by atoms with Crippen LogP contribution in [-0.4, -0.2) is 92.0 Å². The Hall–Kier alpha value is -3.30. The lowest BCUT2D eigenvalue weighted by molar-refractivity contribution is 0.0386. The van der Waals surface area contributed by atoms with Crippen LogP contribution in [0.4, 0.5) is 10.5 Å². The molecule has 0 spiro atoms. The van der Waals surface area contributed by atoms with E-state index in [0.717, 1.165) is 57.5 Å². The fourth-order valence-electron chi connectivity index (χ4n) is 5.93. The molecule has 3 aliphatic heterocycles. The van der Waals surface area contributed by atoms with Gasteiger partial charge in [0.15, 0.2) is 11.5 Å². The van der Waals surface area contributed by atoms with E-state index >= 15 is 0 Å². The van der Waals surface area contributed by atoms with Crippen LogP contribution in [0.2, 0.25) is 0 Å². The fraction of sp³-hybridized carbons (Fsp3) is 0.562. The molecule has 1 N–H and O–H groups in total. The highest BCUT2D eigenvalue weighted by Gasteiger charge is 2.29. The van der Waals surface area contributed by atoms with Crippen LogP contribution in [0, 0.1) is 5.92 Å². The maximum atomic E-state index is 12.9. The van der Waals surface area contributed by atoms with Gasteiger partial charge in [-0.2, -0.15) is 0 Å². The predicted octanol–water partition coefficient (Wildman–Crippen LogP) is 4.86. The molecule has 2 saturated heterocycles. The van der Waals surface area contributed by atoms with Crippen LogP contribution in [0.3, 0.4) is 0 Å². The Morgan fingerprint density at radius 3 is 2.54 bits per heavy atom. The zero-order chi connectivity index (χ0) is 28.6. The van der Waals surface area contributed by atoms with Gasteiger partial charge in [-0.15, -0.1) is 0 Å². The third kappa shape index (κ3) is 7.71. The van der Waals surface area contributed by atoms with Gasteiger partial charge >= 0.3 is 6.03 Å². The number of fused-ring (bicyclic) bond motifs is 1. The van der Waals surface area contributed by atoms with Crippen LogP contribution in [-0.2, 0) is 11.2 Å². The van der Waals surface area contributed by atoms with Gasteiger partial charge in [0.1, 0.15) is 0 Å². The van der Waals surface area contributed by atoms with Crippen molar-refractivity contribution >= 4 is 17.6 Å². The predicted molar refractivity (Wildman–Crippen MR) is 159 cm³/mol. The number of nitrogens with zero attached hydrogens (tertiary/aromatic N) is 3. The highest BCUT2D eigenvalue weighted by molar-refractivity contribution is 6.04. The minimum absolute atomic E-state index is 0.170. The summed E-state index contributed by atoms with van der Waals surface area (Å²) in [5.41, 5.74) is 2.53. The van der Waals surface area contributed by atoms with Crippen molar-refractivity contribution in [1.29, 1.82) is 0 Å². The summed E-state index contributed by atoms with van der Waals surface area (Å²) in [5.74, 6) is 1.69. The van der Waals surface area contributed by atoms with Crippen molar-refractivity contribution < 1.29 is 23.8 Å². The van der Waals surface area contributed by atoms with Crippen molar-refractivity contribution in [2.45, 2.75) is 52.0 Å². The molecular formula is C32H44N4O5. The van der Waals surface area contributed by atoms with Gasteiger partial charge in [0.25, 0.3) is 5.91 Å². The Balaban J connectivity index is 1.14. The van der Waals surface area contributed by atoms with E-state index in [1.807, 2.05) is 21.9 Å². The van der Waals surface area contributed by atoms with Crippen molar-refractivity contribution in [3.05, 3.63) is 53.6 Å². The van der Waals surface area contributed by atoms with Crippen LogP contribution in [0.25, 0.3) is 0 Å². The number of hydrogen-bond acceptors (Lipinski definition) is 6. The minimum atomic E-state index is -0.170. The van der Waals surface area contributed by atoms with Gasteiger partial charge in [-0.05, 0) is 81.0 Å². The number of anilines is 1. The molecule has 2 aromatic rings. The number of carbonyl (C=O) groups excluding carboxylic acids is 2. The van der Waals surface area contributed by atoms with E-state index in [1.165, 1.54) is 12.0 Å². The smallest absolute Gasteiger partial charge is 0.320 e. The van der Waals surface area contributed by atoms with Gasteiger partial charge in [0, 0.05) is 50.0 Å². The number of amides is 3. The first kappa shape index (κ1) is 29.2. The van der Waals surface area contributed by atoms with Gasteiger partial charge in [0.2, 0.25) is 6.79 Å². The van der Waals surface area contributed by atoms with Crippen molar-refractivity contribution in [2.75, 3.05) is 64.6 Å². The zero-order valence-corrected chi connectivity index (χ0v) is 24.5. The Bertz CT molecular complexity index is 1180. The molecule has 9 nitrogen and oxygen atoms in total. The second kappa shape index (κ2) is 14.0. The molecule has 3 amide bonds. The van der Waals surface area contributed by atoms with E-state index in [1.54, 1.807) is 18.2 Å². The number of urea groups is 1. The maximum Gasteiger partial charge on any atom is 0.320 e. The lowest BCUT2D eigenvalue weighted by Crippen LogP contribution is -2.51. The third-order valence-corrected chi connectivity index (χ3v) is 8.43. The number of nitrogens with one attached hydrogen (secondary N) is 1. The van der Waals surface area contributed by atoms with Gasteiger partial charge < -0.3 is 34.2 Å². The lowest BCUT2D eigenvalue weighted by atomic mass is 9.94. The molecule has 0 saturated carbocycles. The van der Waals surface area contributed by atoms with Gasteiger partial charge in [0.05, 0.1) is 13.2 Å². The van der Waals surface area contributed by atoms with Gasteiger partial charge in [-0.3, -0.25) is 4.79 Å². The molecule has 3 heterocycles. The third-order valence-electron chi connectivity index (χ3n) is 8.43. The quantitative estimate of drug-likeness (QED) is 0.444. The van der Waals surface area contributed by atoms with Crippen molar-refractivity contribution in [3.63, 3.8) is 0 Å². The molecule has 1 unspecified atom stereocenters. The molecule has 222 valence electrons. The lowest BCUT2D eigenvalue weighted by Gasteiger charge is -2.39. The van der Waals surface area contributed by atoms with Crippen molar-refractivity contribution in [3.8, 4) is 11.5 Å². The van der Waals surface area contributed by atoms with Crippen LogP contribution < -0.4 is 14.8 Å². The number of hydrogen-bond donors (Lipinski definition) is 1. The van der Waals surface area contributed by atoms with Crippen LogP contribution in [0.15, 0.2) is 42.5 Å². The number of carbonyl (C=O) groups is 2. The number of ether oxygens (including phenoxy) is 3. The van der Waals surface area contributed by atoms with Gasteiger partial charge in [-0.25, -0.2) is 4.79 Å². The minimum Gasteiger partial charge on any atom is -0.454 e. The first-order chi connectivity index (χ1) is 20.0. The van der Waals surface area contributed by atoms with E-state index < -0.39 is 0 Å². The number of unbranched alkanes of at least 4 members (excludes halogenated alkanes) is 1. The first-order valence-electron chi connectivity index (χ1n) is 15.2. The molecule has 5 rings (SSSR count). The summed E-state index contributed by atoms with van der Waals surface area (Å²) < 4.78 is 16.2. The standard InChI is InChI=1S/C32H44N4O5/c1-3-4-12-36(22-25-10-13-34(14-11-25)32(38)35-15-17-39-18-16-35)24(2)19-26-6-5-7-28(20-26)33-31(37)27-8-9-29-30(21-27)41-23-40-29/h5-9,20-21,24-25H,3-4,10-19,22-23H2,1-2H3,(H,33,37). The van der Waals surface area contributed by atoms with E-state index in [0.29, 0.717) is 55.3 Å². The van der Waals surface area contributed by atoms with Crippen LogP contribution in [0.5, 0.6) is 11.5 Å². The molecule has 0 aliphatic carbocycles. The number of piperidine rings is 1. The second-order valence-electron chi connectivity index (χ2n) is 11.4. The van der Waals surface area contributed by atoms with E-state index in [2.05, 4.69) is 36.2 Å². The Morgan fingerprint density at radius 1 is 1.00 bits per heavy atom. The van der Waals surface area contributed by atoms with E-state index in [-0.39, 0.29) is 18.7 Å². The summed E-state index contributed by atoms with van der Waals surface area (Å²) in [7, 11) is 0. The molecule has 0 aromatic heterocycles. The van der Waals surface area contributed by atoms with Crippen molar-refractivity contribution in [2.24, 2.45) is 5.92 Å². The van der Waals surface area contributed by atoms with Gasteiger partial charge in [-0.1, -0.05) is 25.5 Å². The Kier molecular flexibility index (Phi) is 10.0. The largest absolute Gasteiger partial charge is 0.454 e. The van der Waals surface area contributed by atoms with E-state index in [4.69, 9.17) is 14.2 Å². The summed E-state index contributed by atoms with van der Waals surface area (Å²) >= 11 is 0. The second-order valence-corrected chi connectivity index (χ2v) is 11.4. The van der Waals surface area contributed by atoms with E-state index in [9.17, 15) is 9.59 Å². The molecule has 0 bridgehead atoms. The molecule has 1 atom stereocenters. The molecular weight excluding hydrogens is 520 g/mol. The average molecular weight is 565 g/mol. The topological polar surface area (TPSA) is 83.6 Å². The number of likely N-dealkylation sites (tertiary alicyclic amines) is 1. The number of rotatable bonds is 10. The first-order valence-corrected chi connectivity index (χ1v) is 15.2. The maximum absolute atomic E-state index is 12.9. The van der Waals surface area contributed by atoms with Crippen LogP contribution in [0.1, 0.15) is 55.5 Å². The molecule has 2 fully saturated rings.